The van der Waals surface area contributed by atoms with E-state index >= 15 is 0 Å². The first kappa shape index (κ1) is 17.6. The van der Waals surface area contributed by atoms with Gasteiger partial charge in [-0.25, -0.2) is 4.79 Å². The minimum absolute atomic E-state index is 0.252. The van der Waals surface area contributed by atoms with Gasteiger partial charge >= 0.3 is 5.97 Å². The highest BCUT2D eigenvalue weighted by Gasteiger charge is 2.43. The van der Waals surface area contributed by atoms with Gasteiger partial charge in [0.05, 0.1) is 13.0 Å². The zero-order chi connectivity index (χ0) is 18.0. The Bertz CT molecular complexity index is 814. The van der Waals surface area contributed by atoms with Crippen molar-refractivity contribution < 1.29 is 19.4 Å². The molecular weight excluding hydrogens is 338 g/mol. The first-order valence-electron chi connectivity index (χ1n) is 8.16. The van der Waals surface area contributed by atoms with Crippen LogP contribution in [0, 0.1) is 0 Å². The lowest BCUT2D eigenvalue weighted by molar-refractivity contribution is -0.146. The van der Waals surface area contributed by atoms with Gasteiger partial charge in [-0.2, -0.15) is 11.8 Å². The quantitative estimate of drug-likeness (QED) is 0.858. The van der Waals surface area contributed by atoms with Gasteiger partial charge in [-0.15, -0.1) is 0 Å². The summed E-state index contributed by atoms with van der Waals surface area (Å²) >= 11 is 1.56. The molecule has 1 heterocycles. The summed E-state index contributed by atoms with van der Waals surface area (Å²) in [5, 5.41) is 14.3. The maximum Gasteiger partial charge on any atom is 0.330 e. The molecule has 0 saturated carbocycles. The van der Waals surface area contributed by atoms with Crippen molar-refractivity contribution in [1.82, 2.24) is 5.32 Å². The number of fused-ring (bicyclic) bond motifs is 1. The minimum Gasteiger partial charge on any atom is -0.497 e. The van der Waals surface area contributed by atoms with Crippen LogP contribution in [0.25, 0.3) is 10.8 Å². The third kappa shape index (κ3) is 3.44. The Hall–Kier alpha value is -2.21. The largest absolute Gasteiger partial charge is 0.497 e. The van der Waals surface area contributed by atoms with Crippen LogP contribution in [0.1, 0.15) is 24.8 Å². The third-order valence-electron chi connectivity index (χ3n) is 4.76. The van der Waals surface area contributed by atoms with Crippen LogP contribution < -0.4 is 10.1 Å². The van der Waals surface area contributed by atoms with Crippen molar-refractivity contribution in [2.45, 2.75) is 24.8 Å². The van der Waals surface area contributed by atoms with Crippen LogP contribution >= 0.6 is 11.8 Å². The summed E-state index contributed by atoms with van der Waals surface area (Å²) in [6.07, 6.45) is 0.461. The Morgan fingerprint density at radius 1 is 1.24 bits per heavy atom. The number of ether oxygens (including phenoxy) is 1. The Balaban J connectivity index is 1.82. The maximum absolute atomic E-state index is 12.6. The standard InChI is InChI=1S/C19H21NO4S/c1-12(17(21)20-19(18(22)23)7-8-25-11-19)13-3-4-15-10-16(24-2)6-5-14(15)9-13/h3-6,9-10,12H,7-8,11H2,1-2H3,(H,20,21)(H,22,23). The molecule has 2 N–H and O–H groups in total. The molecule has 1 fully saturated rings. The monoisotopic (exact) mass is 359 g/mol. The van der Waals surface area contributed by atoms with Crippen LogP contribution in [0.3, 0.4) is 0 Å². The second kappa shape index (κ2) is 6.96. The zero-order valence-electron chi connectivity index (χ0n) is 14.2. The molecule has 1 saturated heterocycles. The number of thioether (sulfide) groups is 1. The van der Waals surface area contributed by atoms with Gasteiger partial charge in [0, 0.05) is 5.75 Å². The summed E-state index contributed by atoms with van der Waals surface area (Å²) in [5.74, 6) is 0.319. The number of carbonyl (C=O) groups excluding carboxylic acids is 1. The van der Waals surface area contributed by atoms with Gasteiger partial charge in [0.15, 0.2) is 0 Å². The predicted molar refractivity (Wildman–Crippen MR) is 99.4 cm³/mol. The van der Waals surface area contributed by atoms with Crippen LogP contribution in [-0.2, 0) is 9.59 Å². The van der Waals surface area contributed by atoms with Gasteiger partial charge < -0.3 is 15.2 Å². The van der Waals surface area contributed by atoms with E-state index in [0.29, 0.717) is 12.2 Å². The first-order chi connectivity index (χ1) is 11.9. The highest BCUT2D eigenvalue weighted by Crippen LogP contribution is 2.30. The molecule has 1 aliphatic heterocycles. The molecule has 6 heteroatoms. The van der Waals surface area contributed by atoms with E-state index in [4.69, 9.17) is 4.74 Å². The highest BCUT2D eigenvalue weighted by atomic mass is 32.2. The first-order valence-corrected chi connectivity index (χ1v) is 9.31. The molecule has 0 bridgehead atoms. The van der Waals surface area contributed by atoms with Crippen LogP contribution in [-0.4, -0.2) is 41.1 Å². The molecular formula is C19H21NO4S. The predicted octanol–water partition coefficient (Wildman–Crippen LogP) is 3.03. The molecule has 1 aliphatic rings. The molecule has 2 aromatic rings. The number of benzene rings is 2. The Morgan fingerprint density at radius 2 is 1.96 bits per heavy atom. The summed E-state index contributed by atoms with van der Waals surface area (Å²) in [4.78, 5) is 24.3. The lowest BCUT2D eigenvalue weighted by atomic mass is 9.94. The zero-order valence-corrected chi connectivity index (χ0v) is 15.1. The number of amides is 1. The Kier molecular flexibility index (Phi) is 4.90. The summed E-state index contributed by atoms with van der Waals surface area (Å²) in [5.41, 5.74) is -0.276. The third-order valence-corrected chi connectivity index (χ3v) is 5.95. The topological polar surface area (TPSA) is 75.6 Å². The van der Waals surface area contributed by atoms with Crippen LogP contribution in [0.2, 0.25) is 0 Å². The van der Waals surface area contributed by atoms with Crippen molar-refractivity contribution in [3.05, 3.63) is 42.0 Å². The summed E-state index contributed by atoms with van der Waals surface area (Å²) in [6.45, 7) is 1.80. The van der Waals surface area contributed by atoms with Crippen molar-refractivity contribution >= 4 is 34.4 Å². The number of aliphatic carboxylic acids is 1. The number of nitrogens with one attached hydrogen (secondary N) is 1. The Morgan fingerprint density at radius 3 is 2.60 bits per heavy atom. The molecule has 0 spiro atoms. The SMILES string of the molecule is COc1ccc2cc(C(C)C(=O)NC3(C(=O)O)CCSC3)ccc2c1. The van der Waals surface area contributed by atoms with Gasteiger partial charge in [-0.05, 0) is 47.6 Å². The molecule has 25 heavy (non-hydrogen) atoms. The number of carboxylic acid groups (broad SMARTS) is 1. The lowest BCUT2D eigenvalue weighted by Crippen LogP contribution is -2.55. The summed E-state index contributed by atoms with van der Waals surface area (Å²) in [7, 11) is 1.63. The van der Waals surface area contributed by atoms with Crippen molar-refractivity contribution in [3.8, 4) is 5.75 Å². The molecule has 2 unspecified atom stereocenters. The number of carboxylic acids is 1. The average Bonchev–Trinajstić information content (AvgIpc) is 3.10. The van der Waals surface area contributed by atoms with Crippen molar-refractivity contribution in [2.24, 2.45) is 0 Å². The number of hydrogen-bond acceptors (Lipinski definition) is 4. The van der Waals surface area contributed by atoms with E-state index in [0.717, 1.165) is 27.8 Å². The van der Waals surface area contributed by atoms with Gasteiger partial charge in [0.2, 0.25) is 5.91 Å². The minimum atomic E-state index is -1.14. The van der Waals surface area contributed by atoms with E-state index in [1.54, 1.807) is 25.8 Å². The van der Waals surface area contributed by atoms with E-state index in [1.807, 2.05) is 36.4 Å². The van der Waals surface area contributed by atoms with Crippen molar-refractivity contribution in [1.29, 1.82) is 0 Å². The molecule has 0 radical (unpaired) electrons. The number of carbonyl (C=O) groups is 2. The fourth-order valence-corrected chi connectivity index (χ4v) is 4.35. The molecule has 1 amide bonds. The van der Waals surface area contributed by atoms with Crippen LogP contribution in [0.15, 0.2) is 36.4 Å². The molecule has 5 nitrogen and oxygen atoms in total. The second-order valence-corrected chi connectivity index (χ2v) is 7.48. The van der Waals surface area contributed by atoms with E-state index in [-0.39, 0.29) is 5.91 Å². The van der Waals surface area contributed by atoms with E-state index in [9.17, 15) is 14.7 Å². The van der Waals surface area contributed by atoms with Crippen molar-refractivity contribution in [3.63, 3.8) is 0 Å². The van der Waals surface area contributed by atoms with Gasteiger partial charge in [-0.3, -0.25) is 4.79 Å². The molecule has 2 aromatic carbocycles. The summed E-state index contributed by atoms with van der Waals surface area (Å²) in [6, 6.07) is 11.6. The lowest BCUT2D eigenvalue weighted by Gasteiger charge is -2.26. The molecule has 0 aliphatic carbocycles. The molecule has 3 rings (SSSR count). The molecule has 2 atom stereocenters. The Labute approximate surface area is 150 Å². The molecule has 0 aromatic heterocycles. The fourth-order valence-electron chi connectivity index (χ4n) is 3.02. The van der Waals surface area contributed by atoms with Crippen LogP contribution in [0.5, 0.6) is 5.75 Å². The van der Waals surface area contributed by atoms with Gasteiger partial charge in [-0.1, -0.05) is 24.3 Å². The van der Waals surface area contributed by atoms with Gasteiger partial charge in [0.1, 0.15) is 11.3 Å². The normalized spacial score (nSPS) is 21.0. The maximum atomic E-state index is 12.6. The van der Waals surface area contributed by atoms with E-state index < -0.39 is 17.4 Å². The van der Waals surface area contributed by atoms with Crippen LogP contribution in [0.4, 0.5) is 0 Å². The highest BCUT2D eigenvalue weighted by molar-refractivity contribution is 7.99. The van der Waals surface area contributed by atoms with Crippen molar-refractivity contribution in [2.75, 3.05) is 18.6 Å². The number of rotatable bonds is 5. The smallest absolute Gasteiger partial charge is 0.330 e. The van der Waals surface area contributed by atoms with E-state index in [2.05, 4.69) is 5.32 Å². The molecule has 132 valence electrons. The average molecular weight is 359 g/mol. The number of hydrogen-bond donors (Lipinski definition) is 2. The van der Waals surface area contributed by atoms with Gasteiger partial charge in [0.25, 0.3) is 0 Å². The number of methoxy groups -OCH3 is 1. The second-order valence-electron chi connectivity index (χ2n) is 6.37. The summed E-state index contributed by atoms with van der Waals surface area (Å²) < 4.78 is 5.22. The fraction of sp³-hybridized carbons (Fsp3) is 0.368. The van der Waals surface area contributed by atoms with E-state index in [1.165, 1.54) is 0 Å².